The van der Waals surface area contributed by atoms with Gasteiger partial charge in [0.15, 0.2) is 5.78 Å². The highest BCUT2D eigenvalue weighted by Gasteiger charge is 2.55. The summed E-state index contributed by atoms with van der Waals surface area (Å²) in [7, 11) is 0. The average molecular weight is 314 g/mol. The predicted molar refractivity (Wildman–Crippen MR) is 90.4 cm³/mol. The van der Waals surface area contributed by atoms with E-state index in [1.54, 1.807) is 0 Å². The molecule has 0 amide bonds. The largest absolute Gasteiger partial charge is 0.316 e. The molecule has 4 nitrogen and oxygen atoms in total. The lowest BCUT2D eigenvalue weighted by molar-refractivity contribution is -0.131. The molecule has 0 radical (unpaired) electrons. The molecular weight excluding hydrogens is 288 g/mol. The van der Waals surface area contributed by atoms with Crippen LogP contribution in [0.5, 0.6) is 0 Å². The number of benzene rings is 1. The highest BCUT2D eigenvalue weighted by molar-refractivity contribution is 5.93. The number of aryl methyl sites for hydroxylation is 1. The quantitative estimate of drug-likeness (QED) is 0.863. The van der Waals surface area contributed by atoms with E-state index in [2.05, 4.69) is 29.3 Å². The Labute approximate surface area is 138 Å². The monoisotopic (exact) mass is 314 g/mol. The highest BCUT2D eigenvalue weighted by atomic mass is 16.1. The number of ketones is 2. The predicted octanol–water partition coefficient (Wildman–Crippen LogP) is 2.20. The lowest BCUT2D eigenvalue weighted by atomic mass is 9.76. The summed E-state index contributed by atoms with van der Waals surface area (Å²) in [6.07, 6.45) is 4.29. The van der Waals surface area contributed by atoms with Gasteiger partial charge >= 0.3 is 0 Å². The van der Waals surface area contributed by atoms with Crippen molar-refractivity contribution < 1.29 is 9.59 Å². The van der Waals surface area contributed by atoms with Crippen molar-refractivity contribution in [3.05, 3.63) is 35.4 Å². The first kappa shape index (κ1) is 16.3. The van der Waals surface area contributed by atoms with Gasteiger partial charge in [0.1, 0.15) is 11.3 Å². The fourth-order valence-electron chi connectivity index (χ4n) is 3.94. The maximum Gasteiger partial charge on any atom is 0.158 e. The summed E-state index contributed by atoms with van der Waals surface area (Å²) in [4.78, 5) is 25.0. The van der Waals surface area contributed by atoms with Gasteiger partial charge in [0.05, 0.1) is 0 Å². The Hall–Kier alpha value is -1.52. The van der Waals surface area contributed by atoms with Crippen LogP contribution in [0.3, 0.4) is 0 Å². The molecule has 3 fully saturated rings. The van der Waals surface area contributed by atoms with Crippen molar-refractivity contribution in [1.29, 1.82) is 0 Å². The fraction of sp³-hybridized carbons (Fsp3) is 0.579. The Morgan fingerprint density at radius 2 is 1.87 bits per heavy atom. The van der Waals surface area contributed by atoms with Crippen molar-refractivity contribution in [3.63, 3.8) is 0 Å². The molecule has 0 spiro atoms. The molecule has 1 aromatic rings. The molecule has 3 aliphatic rings. The third-order valence-electron chi connectivity index (χ3n) is 5.33. The number of hydrogen-bond acceptors (Lipinski definition) is 4. The Morgan fingerprint density at radius 1 is 1.04 bits per heavy atom. The number of Topliss-reactive ketones (excluding diaryl/α,β-unsaturated/α-hetero) is 2. The van der Waals surface area contributed by atoms with Crippen molar-refractivity contribution in [2.45, 2.75) is 44.6 Å². The second-order valence-electron chi connectivity index (χ2n) is 6.73. The molecule has 3 heterocycles. The summed E-state index contributed by atoms with van der Waals surface area (Å²) >= 11 is 0. The first-order valence-electron chi connectivity index (χ1n) is 8.71. The molecule has 124 valence electrons. The number of fused-ring (bicyclic) bond motifs is 1. The first-order valence-corrected chi connectivity index (χ1v) is 8.71. The van der Waals surface area contributed by atoms with Crippen LogP contribution in [-0.4, -0.2) is 42.6 Å². The molecule has 4 heteroatoms. The molecule has 1 N–H and O–H groups in total. The smallest absolute Gasteiger partial charge is 0.158 e. The minimum absolute atomic E-state index is 0.231. The van der Waals surface area contributed by atoms with Crippen LogP contribution < -0.4 is 5.32 Å². The molecule has 1 atom stereocenters. The molecule has 0 aliphatic carbocycles. The number of carbonyl (C=O) groups is 2. The Balaban J connectivity index is 0.000000166. The average Bonchev–Trinajstić information content (AvgIpc) is 2.70. The highest BCUT2D eigenvalue weighted by Crippen LogP contribution is 2.47. The lowest BCUT2D eigenvalue weighted by Gasteiger charge is -2.47. The second kappa shape index (κ2) is 6.93. The van der Waals surface area contributed by atoms with Crippen LogP contribution in [0.4, 0.5) is 0 Å². The van der Waals surface area contributed by atoms with E-state index in [0.717, 1.165) is 58.3 Å². The third kappa shape index (κ3) is 3.10. The number of nitrogens with one attached hydrogen (secondary N) is 1. The molecular formula is C19H26N2O2. The van der Waals surface area contributed by atoms with Crippen LogP contribution in [0.2, 0.25) is 0 Å². The van der Waals surface area contributed by atoms with Crippen LogP contribution >= 0.6 is 0 Å². The van der Waals surface area contributed by atoms with E-state index >= 15 is 0 Å². The molecule has 4 rings (SSSR count). The van der Waals surface area contributed by atoms with Crippen LogP contribution in [0.15, 0.2) is 24.3 Å². The first-order chi connectivity index (χ1) is 11.1. The van der Waals surface area contributed by atoms with E-state index in [0.29, 0.717) is 11.6 Å². The minimum atomic E-state index is -0.231. The molecule has 0 bridgehead atoms. The van der Waals surface area contributed by atoms with E-state index in [9.17, 15) is 9.59 Å². The molecule has 1 aromatic carbocycles. The zero-order valence-corrected chi connectivity index (χ0v) is 13.9. The zero-order valence-electron chi connectivity index (χ0n) is 13.9. The minimum Gasteiger partial charge on any atom is -0.316 e. The molecule has 3 saturated heterocycles. The SMILES string of the molecule is Cc1ccccc1C12CCN1CCC2=O.O=C1CCCNCC1. The van der Waals surface area contributed by atoms with Gasteiger partial charge < -0.3 is 5.32 Å². The summed E-state index contributed by atoms with van der Waals surface area (Å²) in [6.45, 7) is 6.05. The van der Waals surface area contributed by atoms with Crippen molar-refractivity contribution >= 4 is 11.6 Å². The standard InChI is InChI=1S/C13H15NO.C6H11NO/c1-10-4-2-3-5-11(10)13-7-9-14(13)8-6-12(13)15;8-6-2-1-4-7-5-3-6/h2-5H,6-9H2,1H3;7H,1-5H2. The van der Waals surface area contributed by atoms with Crippen molar-refractivity contribution in [3.8, 4) is 0 Å². The maximum atomic E-state index is 12.1. The second-order valence-corrected chi connectivity index (χ2v) is 6.73. The molecule has 0 aromatic heterocycles. The van der Waals surface area contributed by atoms with Gasteiger partial charge in [-0.25, -0.2) is 0 Å². The fourth-order valence-corrected chi connectivity index (χ4v) is 3.94. The van der Waals surface area contributed by atoms with Crippen LogP contribution in [-0.2, 0) is 15.1 Å². The normalized spacial score (nSPS) is 27.5. The Morgan fingerprint density at radius 3 is 2.57 bits per heavy atom. The number of rotatable bonds is 1. The van der Waals surface area contributed by atoms with Gasteiger partial charge in [-0.05, 0) is 37.4 Å². The summed E-state index contributed by atoms with van der Waals surface area (Å²) in [5, 5.41) is 3.16. The van der Waals surface area contributed by atoms with Gasteiger partial charge in [0.25, 0.3) is 0 Å². The Bertz CT molecular complexity index is 589. The zero-order chi connectivity index (χ0) is 16.3. The van der Waals surface area contributed by atoms with Gasteiger partial charge in [-0.3, -0.25) is 14.5 Å². The van der Waals surface area contributed by atoms with Crippen LogP contribution in [0.25, 0.3) is 0 Å². The summed E-state index contributed by atoms with van der Waals surface area (Å²) < 4.78 is 0. The van der Waals surface area contributed by atoms with Crippen LogP contribution in [0.1, 0.15) is 43.2 Å². The van der Waals surface area contributed by atoms with Gasteiger partial charge in [0.2, 0.25) is 0 Å². The summed E-state index contributed by atoms with van der Waals surface area (Å²) in [5.41, 5.74) is 2.25. The lowest BCUT2D eigenvalue weighted by Crippen LogP contribution is -2.56. The van der Waals surface area contributed by atoms with Crippen LogP contribution in [0, 0.1) is 6.92 Å². The molecule has 23 heavy (non-hydrogen) atoms. The number of nitrogens with zero attached hydrogens (tertiary/aromatic N) is 1. The Kier molecular flexibility index (Phi) is 4.93. The van der Waals surface area contributed by atoms with E-state index < -0.39 is 0 Å². The maximum absolute atomic E-state index is 12.1. The topological polar surface area (TPSA) is 49.4 Å². The van der Waals surface area contributed by atoms with Crippen molar-refractivity contribution in [2.24, 2.45) is 0 Å². The van der Waals surface area contributed by atoms with Gasteiger partial charge in [0, 0.05) is 38.9 Å². The summed E-state index contributed by atoms with van der Waals surface area (Å²) in [5.74, 6) is 0.832. The molecule has 3 aliphatic heterocycles. The third-order valence-corrected chi connectivity index (χ3v) is 5.33. The van der Waals surface area contributed by atoms with E-state index in [1.165, 1.54) is 11.1 Å². The number of carbonyl (C=O) groups excluding carboxylic acids is 2. The van der Waals surface area contributed by atoms with Crippen molar-refractivity contribution in [2.75, 3.05) is 26.2 Å². The molecule has 1 unspecified atom stereocenters. The molecule has 0 saturated carbocycles. The van der Waals surface area contributed by atoms with Gasteiger partial charge in [-0.15, -0.1) is 0 Å². The van der Waals surface area contributed by atoms with E-state index in [-0.39, 0.29) is 5.54 Å². The summed E-state index contributed by atoms with van der Waals surface area (Å²) in [6, 6.07) is 8.30. The van der Waals surface area contributed by atoms with Gasteiger partial charge in [-0.1, -0.05) is 24.3 Å². The number of hydrogen-bond donors (Lipinski definition) is 1. The van der Waals surface area contributed by atoms with E-state index in [1.807, 2.05) is 12.1 Å². The van der Waals surface area contributed by atoms with Crippen molar-refractivity contribution in [1.82, 2.24) is 10.2 Å². The van der Waals surface area contributed by atoms with E-state index in [4.69, 9.17) is 0 Å². The van der Waals surface area contributed by atoms with Gasteiger partial charge in [-0.2, -0.15) is 0 Å².